The molecular formula is C18H24BrN5O2. The van der Waals surface area contributed by atoms with E-state index >= 15 is 0 Å². The van der Waals surface area contributed by atoms with E-state index < -0.39 is 10.8 Å². The van der Waals surface area contributed by atoms with Crippen molar-refractivity contribution in [3.8, 4) is 0 Å². The van der Waals surface area contributed by atoms with Crippen molar-refractivity contribution >= 4 is 50.5 Å². The maximum atomic E-state index is 12.4. The molecule has 0 saturated carbocycles. The lowest BCUT2D eigenvalue weighted by Crippen LogP contribution is -2.30. The molecule has 2 aromatic heterocycles. The molecule has 2 amide bonds. The van der Waals surface area contributed by atoms with Crippen molar-refractivity contribution in [3.05, 3.63) is 17.8 Å². The summed E-state index contributed by atoms with van der Waals surface area (Å²) in [5, 5.41) is 6.76. The average Bonchev–Trinajstić information content (AvgIpc) is 2.52. The van der Waals surface area contributed by atoms with Crippen LogP contribution in [0.15, 0.2) is 12.3 Å². The second-order valence-corrected chi connectivity index (χ2v) is 8.71. The quantitative estimate of drug-likeness (QED) is 0.732. The molecule has 2 N–H and O–H groups in total. The lowest BCUT2D eigenvalue weighted by atomic mass is 9.95. The first kappa shape index (κ1) is 20.2. The van der Waals surface area contributed by atoms with Gasteiger partial charge in [-0.25, -0.2) is 4.98 Å². The number of carbonyl (C=O) groups excluding carboxylic acids is 2. The van der Waals surface area contributed by atoms with Crippen molar-refractivity contribution in [2.75, 3.05) is 10.6 Å². The number of aromatic nitrogens is 3. The first-order valence-electron chi connectivity index (χ1n) is 8.27. The van der Waals surface area contributed by atoms with E-state index in [-0.39, 0.29) is 17.8 Å². The SMILES string of the molecule is CC(C)(C)C(=O)Nc1nc(NC(=O)C(C)(C)C)c2cc(CBr)cnc2n1. The molecule has 2 rings (SSSR count). The van der Waals surface area contributed by atoms with E-state index in [1.165, 1.54) is 0 Å². The molecule has 2 aromatic rings. The van der Waals surface area contributed by atoms with E-state index in [1.807, 2.05) is 26.8 Å². The molecule has 0 fully saturated rings. The molecule has 0 bridgehead atoms. The van der Waals surface area contributed by atoms with Crippen LogP contribution < -0.4 is 10.6 Å². The molecule has 0 unspecified atom stereocenters. The number of fused-ring (bicyclic) bond motifs is 1. The van der Waals surface area contributed by atoms with Gasteiger partial charge in [-0.1, -0.05) is 57.5 Å². The fourth-order valence-corrected chi connectivity index (χ4v) is 2.17. The highest BCUT2D eigenvalue weighted by Gasteiger charge is 2.25. The number of carbonyl (C=O) groups is 2. The summed E-state index contributed by atoms with van der Waals surface area (Å²) in [6, 6.07) is 1.87. The molecule has 0 saturated heterocycles. The largest absolute Gasteiger partial charge is 0.310 e. The fraction of sp³-hybridized carbons (Fsp3) is 0.500. The third-order valence-electron chi connectivity index (χ3n) is 3.58. The molecule has 0 spiro atoms. The maximum absolute atomic E-state index is 12.4. The molecule has 0 atom stereocenters. The molecule has 0 aromatic carbocycles. The fourth-order valence-electron chi connectivity index (χ4n) is 1.86. The Bertz CT molecular complexity index is 853. The predicted molar refractivity (Wildman–Crippen MR) is 106 cm³/mol. The van der Waals surface area contributed by atoms with E-state index in [4.69, 9.17) is 0 Å². The minimum atomic E-state index is -0.597. The third-order valence-corrected chi connectivity index (χ3v) is 4.23. The number of halogens is 1. The Morgan fingerprint density at radius 3 is 2.12 bits per heavy atom. The van der Waals surface area contributed by atoms with Crippen LogP contribution in [0.2, 0.25) is 0 Å². The highest BCUT2D eigenvalue weighted by Crippen LogP contribution is 2.26. The zero-order valence-electron chi connectivity index (χ0n) is 15.9. The van der Waals surface area contributed by atoms with Gasteiger partial charge in [0, 0.05) is 22.4 Å². The Labute approximate surface area is 161 Å². The van der Waals surface area contributed by atoms with Gasteiger partial charge in [0.1, 0.15) is 5.82 Å². The van der Waals surface area contributed by atoms with E-state index in [1.54, 1.807) is 27.0 Å². The highest BCUT2D eigenvalue weighted by atomic mass is 79.9. The normalized spacial score (nSPS) is 12.1. The van der Waals surface area contributed by atoms with Crippen molar-refractivity contribution in [1.82, 2.24) is 15.0 Å². The number of amides is 2. The van der Waals surface area contributed by atoms with Gasteiger partial charge in [0.05, 0.1) is 5.39 Å². The van der Waals surface area contributed by atoms with Crippen molar-refractivity contribution in [1.29, 1.82) is 0 Å². The van der Waals surface area contributed by atoms with Gasteiger partial charge in [-0.2, -0.15) is 9.97 Å². The lowest BCUT2D eigenvalue weighted by Gasteiger charge is -2.19. The molecule has 8 heteroatoms. The number of rotatable bonds is 3. The van der Waals surface area contributed by atoms with Crippen LogP contribution in [0.3, 0.4) is 0 Å². The Kier molecular flexibility index (Phi) is 5.65. The number of alkyl halides is 1. The van der Waals surface area contributed by atoms with E-state index in [2.05, 4.69) is 41.5 Å². The molecule has 2 heterocycles. The average molecular weight is 422 g/mol. The molecule has 0 aliphatic rings. The zero-order chi connectivity index (χ0) is 19.7. The third kappa shape index (κ3) is 4.75. The summed E-state index contributed by atoms with van der Waals surface area (Å²) in [4.78, 5) is 37.7. The summed E-state index contributed by atoms with van der Waals surface area (Å²) in [7, 11) is 0. The van der Waals surface area contributed by atoms with Gasteiger partial charge in [0.2, 0.25) is 17.8 Å². The van der Waals surface area contributed by atoms with Gasteiger partial charge in [-0.15, -0.1) is 0 Å². The molecule has 140 valence electrons. The highest BCUT2D eigenvalue weighted by molar-refractivity contribution is 9.08. The number of pyridine rings is 1. The van der Waals surface area contributed by atoms with Crippen LogP contribution in [-0.4, -0.2) is 26.8 Å². The Morgan fingerprint density at radius 1 is 1.00 bits per heavy atom. The monoisotopic (exact) mass is 421 g/mol. The van der Waals surface area contributed by atoms with E-state index in [0.717, 1.165) is 5.56 Å². The minimum absolute atomic E-state index is 0.112. The predicted octanol–water partition coefficient (Wildman–Crippen LogP) is 3.89. The second-order valence-electron chi connectivity index (χ2n) is 8.15. The number of nitrogens with one attached hydrogen (secondary N) is 2. The van der Waals surface area contributed by atoms with Gasteiger partial charge in [-0.05, 0) is 11.6 Å². The van der Waals surface area contributed by atoms with Gasteiger partial charge in [0.25, 0.3) is 0 Å². The van der Waals surface area contributed by atoms with Crippen molar-refractivity contribution < 1.29 is 9.59 Å². The van der Waals surface area contributed by atoms with Gasteiger partial charge in [-0.3, -0.25) is 14.9 Å². The molecule has 0 radical (unpaired) electrons. The van der Waals surface area contributed by atoms with E-state index in [9.17, 15) is 9.59 Å². The molecule has 0 aliphatic heterocycles. The first-order valence-corrected chi connectivity index (χ1v) is 9.39. The summed E-state index contributed by atoms with van der Waals surface area (Å²) in [6.45, 7) is 10.8. The van der Waals surface area contributed by atoms with Crippen molar-refractivity contribution in [3.63, 3.8) is 0 Å². The van der Waals surface area contributed by atoms with Crippen molar-refractivity contribution in [2.45, 2.75) is 46.9 Å². The maximum Gasteiger partial charge on any atom is 0.233 e. The summed E-state index contributed by atoms with van der Waals surface area (Å²) >= 11 is 3.39. The topological polar surface area (TPSA) is 96.9 Å². The Balaban J connectivity index is 2.53. The standard InChI is InChI=1S/C18H24BrN5O2/c1-17(2,3)14(25)21-13-11-7-10(8-19)9-20-12(11)22-16(23-13)24-15(26)18(4,5)6/h7,9H,8H2,1-6H3,(H2,20,21,22,23,24,25,26). The molecule has 7 nitrogen and oxygen atoms in total. The number of nitrogens with zero attached hydrogens (tertiary/aromatic N) is 3. The summed E-state index contributed by atoms with van der Waals surface area (Å²) in [5.74, 6) is 0.0343. The summed E-state index contributed by atoms with van der Waals surface area (Å²) in [6.07, 6.45) is 1.69. The van der Waals surface area contributed by atoms with Crippen LogP contribution in [0.4, 0.5) is 11.8 Å². The second kappa shape index (κ2) is 7.26. The minimum Gasteiger partial charge on any atom is -0.310 e. The van der Waals surface area contributed by atoms with Crippen LogP contribution in [0.1, 0.15) is 47.1 Å². The van der Waals surface area contributed by atoms with Crippen LogP contribution in [0.5, 0.6) is 0 Å². The van der Waals surface area contributed by atoms with Crippen LogP contribution >= 0.6 is 15.9 Å². The molecule has 26 heavy (non-hydrogen) atoms. The number of hydrogen-bond donors (Lipinski definition) is 2. The van der Waals surface area contributed by atoms with Gasteiger partial charge >= 0.3 is 0 Å². The van der Waals surface area contributed by atoms with Crippen molar-refractivity contribution in [2.24, 2.45) is 10.8 Å². The Morgan fingerprint density at radius 2 is 1.58 bits per heavy atom. The van der Waals surface area contributed by atoms with E-state index in [0.29, 0.717) is 22.2 Å². The first-order chi connectivity index (χ1) is 11.9. The molecular weight excluding hydrogens is 398 g/mol. The summed E-state index contributed by atoms with van der Waals surface area (Å²) < 4.78 is 0. The van der Waals surface area contributed by atoms with Crippen LogP contribution in [0, 0.1) is 10.8 Å². The Hall–Kier alpha value is -2.09. The smallest absolute Gasteiger partial charge is 0.233 e. The zero-order valence-corrected chi connectivity index (χ0v) is 17.5. The number of hydrogen-bond acceptors (Lipinski definition) is 5. The van der Waals surface area contributed by atoms with Gasteiger partial charge in [0.15, 0.2) is 5.65 Å². The van der Waals surface area contributed by atoms with Crippen LogP contribution in [0.25, 0.3) is 11.0 Å². The number of anilines is 2. The molecule has 0 aliphatic carbocycles. The summed E-state index contributed by atoms with van der Waals surface area (Å²) in [5.41, 5.74) is 0.143. The van der Waals surface area contributed by atoms with Gasteiger partial charge < -0.3 is 5.32 Å². The lowest BCUT2D eigenvalue weighted by molar-refractivity contribution is -0.123. The van der Waals surface area contributed by atoms with Crippen LogP contribution in [-0.2, 0) is 14.9 Å².